The predicted octanol–water partition coefficient (Wildman–Crippen LogP) is 3.77. The number of aryl methyl sites for hydroxylation is 2. The second-order valence-corrected chi connectivity index (χ2v) is 10.5. The number of rotatable bonds is 6. The first kappa shape index (κ1) is 28.3. The van der Waals surface area contributed by atoms with E-state index in [1.54, 1.807) is 11.3 Å². The van der Waals surface area contributed by atoms with E-state index in [4.69, 9.17) is 4.74 Å². The molecule has 1 aliphatic heterocycles. The molecule has 2 aromatic rings. The fraction of sp³-hybridized carbons (Fsp3) is 0.520. The lowest BCUT2D eigenvalue weighted by Gasteiger charge is -2.24. The predicted molar refractivity (Wildman–Crippen MR) is 134 cm³/mol. The van der Waals surface area contributed by atoms with Crippen LogP contribution < -0.4 is 5.32 Å². The summed E-state index contributed by atoms with van der Waals surface area (Å²) in [5.74, 6) is -0.364. The maximum atomic E-state index is 11.4. The van der Waals surface area contributed by atoms with Crippen LogP contribution in [0.15, 0.2) is 24.3 Å². The van der Waals surface area contributed by atoms with E-state index < -0.39 is 5.60 Å². The van der Waals surface area contributed by atoms with E-state index in [9.17, 15) is 19.5 Å². The maximum absolute atomic E-state index is 11.4. The number of methoxy groups -OCH3 is 1. The Hall–Kier alpha value is -2.98. The average Bonchev–Trinajstić information content (AvgIpc) is 3.37. The number of aliphatic hydroxyl groups is 1. The van der Waals surface area contributed by atoms with Crippen molar-refractivity contribution in [3.8, 4) is 10.4 Å². The SMILES string of the molecule is CC(C)(C)OC(=O)N1CCC(O)C1.COC(=O)CC(NC=O)c1ccc(-c2sc(C)nc2C)cc1. The summed E-state index contributed by atoms with van der Waals surface area (Å²) in [5.41, 5.74) is 2.49. The molecule has 1 fully saturated rings. The lowest BCUT2D eigenvalue weighted by Crippen LogP contribution is -2.35. The number of benzene rings is 1. The zero-order valence-corrected chi connectivity index (χ0v) is 22.0. The first-order valence-corrected chi connectivity index (χ1v) is 12.2. The third-order valence-electron chi connectivity index (χ3n) is 5.16. The first-order valence-electron chi connectivity index (χ1n) is 11.4. The number of nitrogens with zero attached hydrogens (tertiary/aromatic N) is 2. The van der Waals surface area contributed by atoms with Gasteiger partial charge in [-0.25, -0.2) is 9.78 Å². The van der Waals surface area contributed by atoms with E-state index in [0.29, 0.717) is 25.9 Å². The van der Waals surface area contributed by atoms with Gasteiger partial charge in [0.25, 0.3) is 0 Å². The Balaban J connectivity index is 0.000000283. The van der Waals surface area contributed by atoms with Gasteiger partial charge in [0.2, 0.25) is 6.41 Å². The highest BCUT2D eigenvalue weighted by atomic mass is 32.1. The normalized spacial score (nSPS) is 16.1. The van der Waals surface area contributed by atoms with Crippen molar-refractivity contribution in [2.45, 2.75) is 65.2 Å². The molecule has 0 aliphatic carbocycles. The zero-order chi connectivity index (χ0) is 26.2. The second kappa shape index (κ2) is 12.6. The van der Waals surface area contributed by atoms with Crippen LogP contribution in [0.2, 0.25) is 0 Å². The van der Waals surface area contributed by atoms with Crippen molar-refractivity contribution >= 4 is 29.8 Å². The van der Waals surface area contributed by atoms with Crippen LogP contribution in [0.4, 0.5) is 4.79 Å². The largest absolute Gasteiger partial charge is 0.469 e. The molecule has 0 saturated carbocycles. The summed E-state index contributed by atoms with van der Waals surface area (Å²) < 4.78 is 9.80. The van der Waals surface area contributed by atoms with Gasteiger partial charge >= 0.3 is 12.1 Å². The van der Waals surface area contributed by atoms with Crippen molar-refractivity contribution in [2.75, 3.05) is 20.2 Å². The summed E-state index contributed by atoms with van der Waals surface area (Å²) in [6.07, 6.45) is 0.640. The van der Waals surface area contributed by atoms with Gasteiger partial charge in [0.1, 0.15) is 5.60 Å². The van der Waals surface area contributed by atoms with Gasteiger partial charge < -0.3 is 24.8 Å². The highest BCUT2D eigenvalue weighted by molar-refractivity contribution is 7.15. The van der Waals surface area contributed by atoms with E-state index >= 15 is 0 Å². The number of esters is 1. The molecule has 192 valence electrons. The minimum absolute atomic E-state index is 0.104. The summed E-state index contributed by atoms with van der Waals surface area (Å²) in [5, 5.41) is 12.9. The van der Waals surface area contributed by atoms with E-state index in [1.165, 1.54) is 12.0 Å². The molecule has 0 spiro atoms. The molecule has 1 aromatic heterocycles. The number of carbonyl (C=O) groups is 3. The van der Waals surface area contributed by atoms with Crippen LogP contribution in [0.5, 0.6) is 0 Å². The number of β-amino-alcohol motifs (C(OH)–C–C–N with tert-alkyl or cyclic N) is 1. The van der Waals surface area contributed by atoms with Gasteiger partial charge in [0.05, 0.1) is 41.3 Å². The van der Waals surface area contributed by atoms with Crippen LogP contribution >= 0.6 is 11.3 Å². The number of thiazole rings is 1. The molecule has 1 aliphatic rings. The Kier molecular flexibility index (Phi) is 10.2. The quantitative estimate of drug-likeness (QED) is 0.453. The van der Waals surface area contributed by atoms with Gasteiger partial charge in [-0.05, 0) is 52.2 Å². The summed E-state index contributed by atoms with van der Waals surface area (Å²) in [7, 11) is 1.33. The van der Waals surface area contributed by atoms with E-state index in [0.717, 1.165) is 26.7 Å². The van der Waals surface area contributed by atoms with Crippen LogP contribution in [0.1, 0.15) is 55.9 Å². The Morgan fingerprint density at radius 2 is 1.94 bits per heavy atom. The molecular formula is C25H35N3O6S. The lowest BCUT2D eigenvalue weighted by atomic mass is 10.0. The van der Waals surface area contributed by atoms with Crippen molar-refractivity contribution in [1.29, 1.82) is 0 Å². The molecule has 3 rings (SSSR count). The Morgan fingerprint density at radius 1 is 1.29 bits per heavy atom. The standard InChI is InChI=1S/C16H18N2O3S.C9H17NO3/c1-10-16(22-11(2)18-10)13-6-4-12(5-7-13)14(17-9-19)8-15(20)21-3;1-9(2,3)13-8(12)10-5-4-7(11)6-10/h4-7,9,14H,8H2,1-3H3,(H,17,19);7,11H,4-6H2,1-3H3. The number of aliphatic hydroxyl groups excluding tert-OH is 1. The molecule has 2 N–H and O–H groups in total. The van der Waals surface area contributed by atoms with Gasteiger partial charge in [0.15, 0.2) is 0 Å². The van der Waals surface area contributed by atoms with Gasteiger partial charge in [-0.2, -0.15) is 0 Å². The highest BCUT2D eigenvalue weighted by Gasteiger charge is 2.28. The molecule has 2 amide bonds. The third kappa shape index (κ3) is 8.95. The molecule has 1 aromatic carbocycles. The van der Waals surface area contributed by atoms with Crippen LogP contribution in [0.3, 0.4) is 0 Å². The molecular weight excluding hydrogens is 470 g/mol. The molecule has 10 heteroatoms. The number of nitrogens with one attached hydrogen (secondary N) is 1. The fourth-order valence-corrected chi connectivity index (χ4v) is 4.43. The number of hydrogen-bond donors (Lipinski definition) is 2. The van der Waals surface area contributed by atoms with E-state index in [2.05, 4.69) is 15.0 Å². The van der Waals surface area contributed by atoms with Crippen molar-refractivity contribution in [2.24, 2.45) is 0 Å². The Bertz CT molecular complexity index is 1000. The highest BCUT2D eigenvalue weighted by Crippen LogP contribution is 2.30. The summed E-state index contributed by atoms with van der Waals surface area (Å²) >= 11 is 1.65. The van der Waals surface area contributed by atoms with Gasteiger partial charge in [-0.3, -0.25) is 9.59 Å². The van der Waals surface area contributed by atoms with Crippen molar-refractivity contribution in [3.63, 3.8) is 0 Å². The molecule has 2 atom stereocenters. The molecule has 2 unspecified atom stereocenters. The van der Waals surface area contributed by atoms with Crippen LogP contribution in [0.25, 0.3) is 10.4 Å². The molecule has 0 radical (unpaired) electrons. The van der Waals surface area contributed by atoms with E-state index in [1.807, 2.05) is 58.9 Å². The molecule has 35 heavy (non-hydrogen) atoms. The number of likely N-dealkylation sites (tertiary alicyclic amines) is 1. The van der Waals surface area contributed by atoms with Crippen LogP contribution in [-0.2, 0) is 19.1 Å². The van der Waals surface area contributed by atoms with E-state index in [-0.39, 0.29) is 30.6 Å². The lowest BCUT2D eigenvalue weighted by molar-refractivity contribution is -0.141. The first-order chi connectivity index (χ1) is 16.4. The summed E-state index contributed by atoms with van der Waals surface area (Å²) in [4.78, 5) is 40.6. The number of carbonyl (C=O) groups excluding carboxylic acids is 3. The van der Waals surface area contributed by atoms with Gasteiger partial charge in [-0.1, -0.05) is 24.3 Å². The smallest absolute Gasteiger partial charge is 0.410 e. The van der Waals surface area contributed by atoms with Crippen molar-refractivity contribution in [1.82, 2.24) is 15.2 Å². The third-order valence-corrected chi connectivity index (χ3v) is 6.28. The molecule has 2 heterocycles. The van der Waals surface area contributed by atoms with Crippen LogP contribution in [-0.4, -0.2) is 65.4 Å². The Labute approximate surface area is 210 Å². The minimum Gasteiger partial charge on any atom is -0.469 e. The monoisotopic (exact) mass is 505 g/mol. The number of ether oxygens (including phenoxy) is 2. The summed E-state index contributed by atoms with van der Waals surface area (Å²) in [6, 6.07) is 7.39. The second-order valence-electron chi connectivity index (χ2n) is 9.26. The topological polar surface area (TPSA) is 118 Å². The van der Waals surface area contributed by atoms with Crippen molar-refractivity contribution < 1.29 is 29.0 Å². The average molecular weight is 506 g/mol. The molecule has 1 saturated heterocycles. The van der Waals surface area contributed by atoms with Crippen LogP contribution in [0, 0.1) is 13.8 Å². The molecule has 0 bridgehead atoms. The maximum Gasteiger partial charge on any atom is 0.410 e. The zero-order valence-electron chi connectivity index (χ0n) is 21.2. The molecule has 9 nitrogen and oxygen atoms in total. The Morgan fingerprint density at radius 3 is 2.40 bits per heavy atom. The number of hydrogen-bond acceptors (Lipinski definition) is 8. The number of amides is 2. The summed E-state index contributed by atoms with van der Waals surface area (Å²) in [6.45, 7) is 10.5. The minimum atomic E-state index is -0.454. The van der Waals surface area contributed by atoms with Crippen molar-refractivity contribution in [3.05, 3.63) is 40.5 Å². The van der Waals surface area contributed by atoms with Gasteiger partial charge in [-0.15, -0.1) is 11.3 Å². The van der Waals surface area contributed by atoms with Gasteiger partial charge in [0, 0.05) is 13.1 Å². The fourth-order valence-electron chi connectivity index (χ4n) is 3.51. The number of aromatic nitrogens is 1.